The number of hydrogen-bond donors (Lipinski definition) is 1. The van der Waals surface area contributed by atoms with Crippen LogP contribution in [0.4, 0.5) is 0 Å². The summed E-state index contributed by atoms with van der Waals surface area (Å²) in [5.41, 5.74) is 0.844. The fourth-order valence-corrected chi connectivity index (χ4v) is 3.16. The highest BCUT2D eigenvalue weighted by Gasteiger charge is 2.17. The maximum absolute atomic E-state index is 10.3. The van der Waals surface area contributed by atoms with Crippen molar-refractivity contribution in [1.29, 1.82) is 0 Å². The van der Waals surface area contributed by atoms with Crippen molar-refractivity contribution in [3.05, 3.63) is 38.3 Å². The lowest BCUT2D eigenvalue weighted by Crippen LogP contribution is -2.07. The first-order valence-corrected chi connectivity index (χ1v) is 6.70. The molecule has 0 amide bonds. The maximum Gasteiger partial charge on any atom is 0.130 e. The van der Waals surface area contributed by atoms with Crippen LogP contribution in [0.25, 0.3) is 0 Å². The molecule has 0 saturated heterocycles. The topological polar surface area (TPSA) is 38.0 Å². The first kappa shape index (κ1) is 11.8. The third-order valence-corrected chi connectivity index (χ3v) is 4.66. The van der Waals surface area contributed by atoms with Gasteiger partial charge < -0.3 is 5.11 Å². The minimum absolute atomic E-state index is 0.586. The molecule has 0 fully saturated rings. The summed E-state index contributed by atoms with van der Waals surface area (Å²) >= 11 is 5.06. The number of hydrogen-bond acceptors (Lipinski definition) is 3. The molecule has 86 valence electrons. The van der Waals surface area contributed by atoms with Gasteiger partial charge in [0.05, 0.1) is 5.69 Å². The minimum atomic E-state index is -0.586. The number of aromatic nitrogens is 2. The lowest BCUT2D eigenvalue weighted by atomic mass is 10.2. The first-order chi connectivity index (χ1) is 7.63. The summed E-state index contributed by atoms with van der Waals surface area (Å²) in [5.74, 6) is 0. The van der Waals surface area contributed by atoms with Crippen LogP contribution in [0.1, 0.15) is 28.5 Å². The monoisotopic (exact) mass is 300 g/mol. The van der Waals surface area contributed by atoms with E-state index in [4.69, 9.17) is 0 Å². The highest BCUT2D eigenvalue weighted by Crippen LogP contribution is 2.33. The Bertz CT molecular complexity index is 472. The zero-order chi connectivity index (χ0) is 11.7. The fourth-order valence-electron chi connectivity index (χ4n) is 1.60. The Hall–Kier alpha value is -0.650. The van der Waals surface area contributed by atoms with E-state index < -0.39 is 6.10 Å². The maximum atomic E-state index is 10.3. The molecular formula is C11H13BrN2OS. The Kier molecular flexibility index (Phi) is 3.47. The van der Waals surface area contributed by atoms with Crippen LogP contribution in [-0.4, -0.2) is 14.9 Å². The molecule has 5 heteroatoms. The van der Waals surface area contributed by atoms with Crippen LogP contribution in [-0.2, 0) is 6.54 Å². The van der Waals surface area contributed by atoms with Crippen molar-refractivity contribution >= 4 is 27.3 Å². The van der Waals surface area contributed by atoms with Crippen molar-refractivity contribution in [2.45, 2.75) is 26.5 Å². The fraction of sp³-hybridized carbons (Fsp3) is 0.364. The molecule has 0 saturated carbocycles. The molecule has 3 nitrogen and oxygen atoms in total. The van der Waals surface area contributed by atoms with Crippen LogP contribution in [0.15, 0.2) is 22.8 Å². The van der Waals surface area contributed by atoms with Gasteiger partial charge in [0.25, 0.3) is 0 Å². The van der Waals surface area contributed by atoms with E-state index in [9.17, 15) is 5.11 Å². The van der Waals surface area contributed by atoms with Gasteiger partial charge in [0.2, 0.25) is 0 Å². The van der Waals surface area contributed by atoms with Crippen molar-refractivity contribution in [3.8, 4) is 0 Å². The van der Waals surface area contributed by atoms with Gasteiger partial charge in [-0.3, -0.25) is 4.68 Å². The average Bonchev–Trinajstić information content (AvgIpc) is 2.85. The van der Waals surface area contributed by atoms with Gasteiger partial charge in [-0.25, -0.2) is 0 Å². The van der Waals surface area contributed by atoms with Gasteiger partial charge in [0.15, 0.2) is 0 Å². The van der Waals surface area contributed by atoms with Gasteiger partial charge in [-0.1, -0.05) is 0 Å². The molecule has 1 N–H and O–H groups in total. The Labute approximate surface area is 107 Å². The molecule has 0 aliphatic carbocycles. The van der Waals surface area contributed by atoms with E-state index in [1.807, 2.05) is 30.7 Å². The average molecular weight is 301 g/mol. The van der Waals surface area contributed by atoms with Crippen LogP contribution < -0.4 is 0 Å². The second-order valence-corrected chi connectivity index (χ2v) is 5.67. The van der Waals surface area contributed by atoms with E-state index in [2.05, 4.69) is 21.0 Å². The van der Waals surface area contributed by atoms with Gasteiger partial charge in [-0.05, 0) is 41.9 Å². The molecule has 0 spiro atoms. The zero-order valence-electron chi connectivity index (χ0n) is 9.14. The van der Waals surface area contributed by atoms with Gasteiger partial charge >= 0.3 is 0 Å². The van der Waals surface area contributed by atoms with E-state index in [0.717, 1.165) is 21.6 Å². The summed E-state index contributed by atoms with van der Waals surface area (Å²) in [4.78, 5) is 2.12. The molecule has 0 aliphatic rings. The standard InChI is InChI=1S/C11H13BrN2OS/c1-3-14-9(4-5-13-14)11(15)10-6-8(12)7(2)16-10/h4-6,11,15H,3H2,1-2H3. The van der Waals surface area contributed by atoms with E-state index in [-0.39, 0.29) is 0 Å². The molecule has 2 rings (SSSR count). The summed E-state index contributed by atoms with van der Waals surface area (Å²) in [6, 6.07) is 3.83. The third kappa shape index (κ3) is 2.07. The lowest BCUT2D eigenvalue weighted by Gasteiger charge is -2.10. The van der Waals surface area contributed by atoms with Crippen molar-refractivity contribution in [3.63, 3.8) is 0 Å². The molecule has 2 aromatic rings. The normalized spacial score (nSPS) is 13.0. The number of rotatable bonds is 3. The molecular weight excluding hydrogens is 288 g/mol. The zero-order valence-corrected chi connectivity index (χ0v) is 11.5. The number of aliphatic hydroxyl groups is 1. The molecule has 2 heterocycles. The highest BCUT2D eigenvalue weighted by molar-refractivity contribution is 9.10. The minimum Gasteiger partial charge on any atom is -0.381 e. The van der Waals surface area contributed by atoms with Gasteiger partial charge in [0, 0.05) is 27.0 Å². The molecule has 0 aliphatic heterocycles. The smallest absolute Gasteiger partial charge is 0.130 e. The lowest BCUT2D eigenvalue weighted by molar-refractivity contribution is 0.212. The van der Waals surface area contributed by atoms with E-state index in [1.165, 1.54) is 4.88 Å². The molecule has 16 heavy (non-hydrogen) atoms. The van der Waals surface area contributed by atoms with E-state index in [0.29, 0.717) is 0 Å². The summed E-state index contributed by atoms with van der Waals surface area (Å²) in [6.07, 6.45) is 1.13. The summed E-state index contributed by atoms with van der Waals surface area (Å²) in [5, 5.41) is 14.4. The van der Waals surface area contributed by atoms with E-state index in [1.54, 1.807) is 17.5 Å². The predicted molar refractivity (Wildman–Crippen MR) is 68.7 cm³/mol. The second-order valence-electron chi connectivity index (χ2n) is 3.53. The predicted octanol–water partition coefficient (Wildman–Crippen LogP) is 3.12. The summed E-state index contributed by atoms with van der Waals surface area (Å²) < 4.78 is 2.86. The van der Waals surface area contributed by atoms with Crippen LogP contribution >= 0.6 is 27.3 Å². The highest BCUT2D eigenvalue weighted by atomic mass is 79.9. The van der Waals surface area contributed by atoms with Crippen molar-refractivity contribution in [2.24, 2.45) is 0 Å². The third-order valence-electron chi connectivity index (χ3n) is 2.47. The Morgan fingerprint density at radius 3 is 2.94 bits per heavy atom. The number of nitrogens with zero attached hydrogens (tertiary/aromatic N) is 2. The van der Waals surface area contributed by atoms with Crippen molar-refractivity contribution in [2.75, 3.05) is 0 Å². The Morgan fingerprint density at radius 1 is 1.62 bits per heavy atom. The van der Waals surface area contributed by atoms with Gasteiger partial charge in [-0.2, -0.15) is 5.10 Å². The largest absolute Gasteiger partial charge is 0.381 e. The number of thiophene rings is 1. The van der Waals surface area contributed by atoms with E-state index >= 15 is 0 Å². The van der Waals surface area contributed by atoms with Crippen LogP contribution in [0.2, 0.25) is 0 Å². The second kappa shape index (κ2) is 4.69. The van der Waals surface area contributed by atoms with Gasteiger partial charge in [0.1, 0.15) is 6.10 Å². The SMILES string of the molecule is CCn1nccc1C(O)c1cc(Br)c(C)s1. The van der Waals surface area contributed by atoms with Crippen LogP contribution in [0, 0.1) is 6.92 Å². The summed E-state index contributed by atoms with van der Waals surface area (Å²) in [7, 11) is 0. The number of aliphatic hydroxyl groups excluding tert-OH is 1. The molecule has 0 radical (unpaired) electrons. The van der Waals surface area contributed by atoms with Crippen LogP contribution in [0.3, 0.4) is 0 Å². The summed E-state index contributed by atoms with van der Waals surface area (Å²) in [6.45, 7) is 4.81. The molecule has 0 bridgehead atoms. The molecule has 1 atom stereocenters. The Morgan fingerprint density at radius 2 is 2.38 bits per heavy atom. The molecule has 0 aromatic carbocycles. The molecule has 1 unspecified atom stereocenters. The number of halogens is 1. The quantitative estimate of drug-likeness (QED) is 0.946. The van der Waals surface area contributed by atoms with Crippen molar-refractivity contribution in [1.82, 2.24) is 9.78 Å². The van der Waals surface area contributed by atoms with Crippen molar-refractivity contribution < 1.29 is 5.11 Å². The van der Waals surface area contributed by atoms with Crippen LogP contribution in [0.5, 0.6) is 0 Å². The number of aryl methyl sites for hydroxylation is 2. The first-order valence-electron chi connectivity index (χ1n) is 5.09. The molecule has 2 aromatic heterocycles. The van der Waals surface area contributed by atoms with Gasteiger partial charge in [-0.15, -0.1) is 11.3 Å². The Balaban J connectivity index is 2.35.